The first-order chi connectivity index (χ1) is 12.2. The van der Waals surface area contributed by atoms with Gasteiger partial charge in [0.15, 0.2) is 5.78 Å². The average Bonchev–Trinajstić information content (AvgIpc) is 2.56. The smallest absolute Gasteiger partial charge is 0.427 e. The number of allylic oxidation sites excluding steroid dienone is 2. The van der Waals surface area contributed by atoms with Crippen molar-refractivity contribution in [3.63, 3.8) is 0 Å². The van der Waals surface area contributed by atoms with Crippen molar-refractivity contribution in [1.82, 2.24) is 9.55 Å². The lowest BCUT2D eigenvalue weighted by molar-refractivity contribution is -0.141. The second-order valence-corrected chi connectivity index (χ2v) is 5.85. The molecular formula is C17H13F3N2O4. The van der Waals surface area contributed by atoms with Gasteiger partial charge in [-0.05, 0) is 24.6 Å². The molecular weight excluding hydrogens is 353 g/mol. The third-order valence-electron chi connectivity index (χ3n) is 3.96. The Morgan fingerprint density at radius 1 is 1.23 bits per heavy atom. The van der Waals surface area contributed by atoms with E-state index in [2.05, 4.69) is 4.98 Å². The van der Waals surface area contributed by atoms with Gasteiger partial charge < -0.3 is 4.74 Å². The van der Waals surface area contributed by atoms with Gasteiger partial charge in [0.25, 0.3) is 5.56 Å². The van der Waals surface area contributed by atoms with Crippen LogP contribution in [0.3, 0.4) is 0 Å². The SMILES string of the molecule is Cn1c(=O)c(C(=O)OC2=CC(=O)CCC2)cc2ccc(C(F)(F)F)nc21. The fourth-order valence-electron chi connectivity index (χ4n) is 2.65. The second kappa shape index (κ2) is 6.40. The van der Waals surface area contributed by atoms with Gasteiger partial charge in [0.05, 0.1) is 0 Å². The summed E-state index contributed by atoms with van der Waals surface area (Å²) in [7, 11) is 1.22. The largest absolute Gasteiger partial charge is 0.433 e. The lowest BCUT2D eigenvalue weighted by Gasteiger charge is -2.13. The van der Waals surface area contributed by atoms with Crippen molar-refractivity contribution >= 4 is 22.8 Å². The number of carbonyl (C=O) groups excluding carboxylic acids is 2. The fourth-order valence-corrected chi connectivity index (χ4v) is 2.65. The molecule has 3 rings (SSSR count). The van der Waals surface area contributed by atoms with Crippen LogP contribution < -0.4 is 5.56 Å². The Balaban J connectivity index is 2.02. The molecule has 0 bridgehead atoms. The van der Waals surface area contributed by atoms with Crippen LogP contribution in [0.5, 0.6) is 0 Å². The monoisotopic (exact) mass is 366 g/mol. The molecule has 1 aliphatic rings. The van der Waals surface area contributed by atoms with E-state index in [1.54, 1.807) is 0 Å². The summed E-state index contributed by atoms with van der Waals surface area (Å²) in [6, 6.07) is 3.04. The third-order valence-corrected chi connectivity index (χ3v) is 3.96. The van der Waals surface area contributed by atoms with Crippen LogP contribution in [0.2, 0.25) is 0 Å². The van der Waals surface area contributed by atoms with Gasteiger partial charge in [-0.2, -0.15) is 13.2 Å². The Labute approximate surface area is 144 Å². The summed E-state index contributed by atoms with van der Waals surface area (Å²) in [5.41, 5.74) is -2.52. The molecule has 6 nitrogen and oxygen atoms in total. The van der Waals surface area contributed by atoms with Gasteiger partial charge >= 0.3 is 12.1 Å². The second-order valence-electron chi connectivity index (χ2n) is 5.85. The van der Waals surface area contributed by atoms with Gasteiger partial charge in [0.2, 0.25) is 0 Å². The molecule has 0 atom stereocenters. The summed E-state index contributed by atoms with van der Waals surface area (Å²) in [6.45, 7) is 0. The number of ether oxygens (including phenoxy) is 1. The molecule has 2 heterocycles. The maximum absolute atomic E-state index is 12.8. The topological polar surface area (TPSA) is 78.3 Å². The minimum Gasteiger partial charge on any atom is -0.427 e. The van der Waals surface area contributed by atoms with Crippen molar-refractivity contribution in [2.75, 3.05) is 0 Å². The summed E-state index contributed by atoms with van der Waals surface area (Å²) in [4.78, 5) is 39.4. The Morgan fingerprint density at radius 2 is 1.96 bits per heavy atom. The van der Waals surface area contributed by atoms with E-state index in [0.29, 0.717) is 19.3 Å². The lowest BCUT2D eigenvalue weighted by atomic mass is 10.1. The average molecular weight is 366 g/mol. The molecule has 0 N–H and O–H groups in total. The van der Waals surface area contributed by atoms with Gasteiger partial charge in [-0.1, -0.05) is 0 Å². The molecule has 2 aromatic heterocycles. The minimum atomic E-state index is -4.65. The van der Waals surface area contributed by atoms with Gasteiger partial charge in [0, 0.05) is 31.4 Å². The quantitative estimate of drug-likeness (QED) is 0.764. The number of aryl methyl sites for hydroxylation is 1. The number of alkyl halides is 3. The normalized spacial score (nSPS) is 15.1. The van der Waals surface area contributed by atoms with E-state index in [0.717, 1.165) is 22.8 Å². The zero-order valence-electron chi connectivity index (χ0n) is 13.6. The van der Waals surface area contributed by atoms with E-state index in [4.69, 9.17) is 4.74 Å². The van der Waals surface area contributed by atoms with E-state index in [1.807, 2.05) is 0 Å². The highest BCUT2D eigenvalue weighted by Gasteiger charge is 2.33. The summed E-state index contributed by atoms with van der Waals surface area (Å²) < 4.78 is 44.3. The maximum Gasteiger partial charge on any atom is 0.433 e. The number of aromatic nitrogens is 2. The predicted molar refractivity (Wildman–Crippen MR) is 84.3 cm³/mol. The summed E-state index contributed by atoms with van der Waals surface area (Å²) in [5.74, 6) is -0.971. The number of hydrogen-bond acceptors (Lipinski definition) is 5. The van der Waals surface area contributed by atoms with Crippen molar-refractivity contribution in [2.45, 2.75) is 25.4 Å². The molecule has 2 aromatic rings. The lowest BCUT2D eigenvalue weighted by Crippen LogP contribution is -2.26. The number of rotatable bonds is 2. The molecule has 0 aromatic carbocycles. The van der Waals surface area contributed by atoms with Crippen molar-refractivity contribution in [1.29, 1.82) is 0 Å². The summed E-state index contributed by atoms with van der Waals surface area (Å²) in [6.07, 6.45) is -2.14. The Hall–Kier alpha value is -2.97. The standard InChI is InChI=1S/C17H13F3N2O4/c1-22-14-9(5-6-13(21-14)17(18,19)20)7-12(15(22)24)16(25)26-11-4-2-3-10(23)8-11/h5-8H,2-4H2,1H3. The Kier molecular flexibility index (Phi) is 4.39. The molecule has 136 valence electrons. The molecule has 0 saturated heterocycles. The van der Waals surface area contributed by atoms with E-state index in [9.17, 15) is 27.6 Å². The molecule has 0 saturated carbocycles. The van der Waals surface area contributed by atoms with Gasteiger partial charge in [-0.3, -0.25) is 14.2 Å². The highest BCUT2D eigenvalue weighted by atomic mass is 19.4. The molecule has 26 heavy (non-hydrogen) atoms. The molecule has 1 aliphatic carbocycles. The number of nitrogens with zero attached hydrogens (tertiary/aromatic N) is 2. The first-order valence-electron chi connectivity index (χ1n) is 7.70. The van der Waals surface area contributed by atoms with E-state index in [-0.39, 0.29) is 28.1 Å². The summed E-state index contributed by atoms with van der Waals surface area (Å²) >= 11 is 0. The van der Waals surface area contributed by atoms with Gasteiger partial charge in [-0.15, -0.1) is 0 Å². The van der Waals surface area contributed by atoms with Crippen LogP contribution in [0.4, 0.5) is 13.2 Å². The van der Waals surface area contributed by atoms with Gasteiger partial charge in [-0.25, -0.2) is 9.78 Å². The van der Waals surface area contributed by atoms with Crippen molar-refractivity contribution in [3.05, 3.63) is 51.6 Å². The van der Waals surface area contributed by atoms with Crippen LogP contribution in [0.15, 0.2) is 34.8 Å². The van der Waals surface area contributed by atoms with Crippen molar-refractivity contribution < 1.29 is 27.5 Å². The minimum absolute atomic E-state index is 0.166. The first-order valence-corrected chi connectivity index (χ1v) is 7.70. The third kappa shape index (κ3) is 3.37. The number of pyridine rings is 2. The van der Waals surface area contributed by atoms with Gasteiger partial charge in [0.1, 0.15) is 22.7 Å². The molecule has 9 heteroatoms. The molecule has 0 radical (unpaired) electrons. The van der Waals surface area contributed by atoms with Crippen molar-refractivity contribution in [2.24, 2.45) is 7.05 Å². The first kappa shape index (κ1) is 17.8. The number of ketones is 1. The van der Waals surface area contributed by atoms with Crippen LogP contribution in [-0.2, 0) is 22.8 Å². The van der Waals surface area contributed by atoms with Crippen LogP contribution in [-0.4, -0.2) is 21.3 Å². The Morgan fingerprint density at radius 3 is 2.62 bits per heavy atom. The number of carbonyl (C=O) groups is 2. The van der Waals surface area contributed by atoms with E-state index in [1.165, 1.54) is 13.1 Å². The molecule has 0 aliphatic heterocycles. The highest BCUT2D eigenvalue weighted by molar-refractivity contribution is 5.95. The molecule has 0 fully saturated rings. The van der Waals surface area contributed by atoms with Crippen LogP contribution in [0.1, 0.15) is 35.3 Å². The van der Waals surface area contributed by atoms with Crippen LogP contribution >= 0.6 is 0 Å². The Bertz CT molecular complexity index is 1010. The number of hydrogen-bond donors (Lipinski definition) is 0. The number of esters is 1. The number of fused-ring (bicyclic) bond motifs is 1. The van der Waals surface area contributed by atoms with E-state index >= 15 is 0 Å². The van der Waals surface area contributed by atoms with Crippen LogP contribution in [0, 0.1) is 0 Å². The zero-order valence-corrected chi connectivity index (χ0v) is 13.6. The van der Waals surface area contributed by atoms with Crippen molar-refractivity contribution in [3.8, 4) is 0 Å². The highest BCUT2D eigenvalue weighted by Crippen LogP contribution is 2.28. The summed E-state index contributed by atoms with van der Waals surface area (Å²) in [5, 5.41) is 0.181. The fraction of sp³-hybridized carbons (Fsp3) is 0.294. The van der Waals surface area contributed by atoms with Crippen LogP contribution in [0.25, 0.3) is 11.0 Å². The van der Waals surface area contributed by atoms with E-state index < -0.39 is 23.4 Å². The maximum atomic E-state index is 12.8. The molecule has 0 unspecified atom stereocenters. The molecule has 0 amide bonds. The number of halogens is 3. The molecule has 0 spiro atoms. The zero-order chi connectivity index (χ0) is 19.1. The predicted octanol–water partition coefficient (Wildman–Crippen LogP) is 2.75.